The zero-order valence-electron chi connectivity index (χ0n) is 10.5. The molecule has 0 N–H and O–H groups in total. The summed E-state index contributed by atoms with van der Waals surface area (Å²) in [6, 6.07) is 3.86. The highest BCUT2D eigenvalue weighted by molar-refractivity contribution is 9.10. The molecule has 0 saturated heterocycles. The largest absolute Gasteiger partial charge is 0.484 e. The number of rotatable bonds is 3. The third kappa shape index (κ3) is 2.69. The van der Waals surface area contributed by atoms with Crippen molar-refractivity contribution in [2.75, 3.05) is 6.61 Å². The van der Waals surface area contributed by atoms with Crippen molar-refractivity contribution in [3.05, 3.63) is 39.9 Å². The molecule has 0 atom stereocenters. The van der Waals surface area contributed by atoms with Gasteiger partial charge in [0.05, 0.1) is 23.5 Å². The number of hydrogen-bond acceptors (Lipinski definition) is 3. The average Bonchev–Trinajstić information content (AvgIpc) is 2.80. The van der Waals surface area contributed by atoms with Crippen molar-refractivity contribution in [2.45, 2.75) is 19.4 Å². The monoisotopic (exact) mass is 318 g/mol. The first-order chi connectivity index (χ1) is 8.96. The number of fused-ring (bicyclic) bond motifs is 1. The molecule has 2 heterocycles. The van der Waals surface area contributed by atoms with Crippen LogP contribution in [0.3, 0.4) is 0 Å². The van der Waals surface area contributed by atoms with Crippen molar-refractivity contribution in [1.82, 2.24) is 9.61 Å². The summed E-state index contributed by atoms with van der Waals surface area (Å²) in [5.41, 5.74) is 0.641. The first kappa shape index (κ1) is 13.4. The standard InChI is InChI=1S/C13H11BrN4O/c1-13(2,16-3)8-19-10-4-11(14)12-9(5-15)6-17-18(12)7-10/h4,6-7H,8H2,1-2H3. The predicted molar refractivity (Wildman–Crippen MR) is 73.8 cm³/mol. The summed E-state index contributed by atoms with van der Waals surface area (Å²) in [4.78, 5) is 3.49. The topological polar surface area (TPSA) is 54.7 Å². The second kappa shape index (κ2) is 4.91. The van der Waals surface area contributed by atoms with Gasteiger partial charge in [0.2, 0.25) is 0 Å². The van der Waals surface area contributed by atoms with Gasteiger partial charge in [0.25, 0.3) is 5.54 Å². The van der Waals surface area contributed by atoms with E-state index in [1.54, 1.807) is 16.8 Å². The summed E-state index contributed by atoms with van der Waals surface area (Å²) in [6.07, 6.45) is 3.20. The molecule has 0 unspecified atom stereocenters. The van der Waals surface area contributed by atoms with Gasteiger partial charge in [0, 0.05) is 18.3 Å². The second-order valence-electron chi connectivity index (χ2n) is 4.70. The fourth-order valence-corrected chi connectivity index (χ4v) is 2.12. The molecule has 0 fully saturated rings. The van der Waals surface area contributed by atoms with E-state index < -0.39 is 5.54 Å². The van der Waals surface area contributed by atoms with Crippen molar-refractivity contribution in [3.63, 3.8) is 0 Å². The van der Waals surface area contributed by atoms with Crippen LogP contribution in [0.1, 0.15) is 19.4 Å². The first-order valence-corrected chi connectivity index (χ1v) is 6.34. The van der Waals surface area contributed by atoms with E-state index in [0.29, 0.717) is 23.4 Å². The van der Waals surface area contributed by atoms with Crippen molar-refractivity contribution in [3.8, 4) is 11.8 Å². The summed E-state index contributed by atoms with van der Waals surface area (Å²) in [6.45, 7) is 11.0. The summed E-state index contributed by atoms with van der Waals surface area (Å²) >= 11 is 3.40. The number of hydrogen-bond donors (Lipinski definition) is 0. The van der Waals surface area contributed by atoms with Gasteiger partial charge in [0.1, 0.15) is 11.8 Å². The van der Waals surface area contributed by atoms with Crippen LogP contribution in [-0.4, -0.2) is 21.8 Å². The summed E-state index contributed by atoms with van der Waals surface area (Å²) in [5.74, 6) is 0.601. The Morgan fingerprint density at radius 3 is 3.00 bits per heavy atom. The maximum absolute atomic E-state index is 8.97. The Balaban J connectivity index is 2.33. The molecule has 0 saturated carbocycles. The highest BCUT2D eigenvalue weighted by Gasteiger charge is 2.24. The van der Waals surface area contributed by atoms with Gasteiger partial charge < -0.3 is 9.58 Å². The van der Waals surface area contributed by atoms with Crippen LogP contribution in [0.25, 0.3) is 10.4 Å². The zero-order chi connectivity index (χ0) is 14.0. The van der Waals surface area contributed by atoms with Gasteiger partial charge in [-0.3, -0.25) is 0 Å². The van der Waals surface area contributed by atoms with Crippen molar-refractivity contribution in [1.29, 1.82) is 5.26 Å². The van der Waals surface area contributed by atoms with E-state index in [9.17, 15) is 0 Å². The number of ether oxygens (including phenoxy) is 1. The van der Waals surface area contributed by atoms with Crippen LogP contribution in [0.4, 0.5) is 0 Å². The summed E-state index contributed by atoms with van der Waals surface area (Å²) in [5, 5.41) is 13.1. The normalized spacial score (nSPS) is 11.0. The molecule has 2 aromatic heterocycles. The minimum atomic E-state index is -0.566. The molecule has 0 spiro atoms. The molecule has 2 rings (SSSR count). The molecule has 5 nitrogen and oxygen atoms in total. The number of aromatic nitrogens is 2. The van der Waals surface area contributed by atoms with Crippen LogP contribution in [0, 0.1) is 17.9 Å². The number of nitriles is 1. The van der Waals surface area contributed by atoms with E-state index in [2.05, 4.69) is 31.9 Å². The molecule has 96 valence electrons. The third-order valence-electron chi connectivity index (χ3n) is 2.56. The van der Waals surface area contributed by atoms with E-state index >= 15 is 0 Å². The Bertz CT molecular complexity index is 706. The minimum Gasteiger partial charge on any atom is -0.484 e. The molecule has 0 aliphatic carbocycles. The van der Waals surface area contributed by atoms with Gasteiger partial charge in [-0.2, -0.15) is 10.4 Å². The molecule has 0 aliphatic heterocycles. The fraction of sp³-hybridized carbons (Fsp3) is 0.308. The second-order valence-corrected chi connectivity index (χ2v) is 5.55. The lowest BCUT2D eigenvalue weighted by atomic mass is 10.1. The van der Waals surface area contributed by atoms with Crippen LogP contribution in [0.5, 0.6) is 5.75 Å². The minimum absolute atomic E-state index is 0.292. The van der Waals surface area contributed by atoms with Crippen LogP contribution in [0.2, 0.25) is 0 Å². The summed E-state index contributed by atoms with van der Waals surface area (Å²) in [7, 11) is 0. The number of halogens is 1. The Morgan fingerprint density at radius 2 is 2.37 bits per heavy atom. The Labute approximate surface area is 119 Å². The van der Waals surface area contributed by atoms with Crippen molar-refractivity contribution in [2.24, 2.45) is 0 Å². The molecular formula is C13H11BrN4O. The Kier molecular flexibility index (Phi) is 3.46. The molecule has 19 heavy (non-hydrogen) atoms. The predicted octanol–water partition coefficient (Wildman–Crippen LogP) is 3.05. The van der Waals surface area contributed by atoms with Crippen LogP contribution in [0.15, 0.2) is 22.9 Å². The van der Waals surface area contributed by atoms with Crippen LogP contribution in [-0.2, 0) is 0 Å². The molecule has 0 amide bonds. The lowest BCUT2D eigenvalue weighted by Crippen LogP contribution is -2.24. The van der Waals surface area contributed by atoms with E-state index in [1.807, 2.05) is 13.8 Å². The summed E-state index contributed by atoms with van der Waals surface area (Å²) < 4.78 is 7.93. The van der Waals surface area contributed by atoms with Crippen LogP contribution < -0.4 is 4.74 Å². The molecule has 0 bridgehead atoms. The van der Waals surface area contributed by atoms with Crippen LogP contribution >= 0.6 is 15.9 Å². The molecule has 0 radical (unpaired) electrons. The Hall–Kier alpha value is -2.05. The maximum atomic E-state index is 8.97. The first-order valence-electron chi connectivity index (χ1n) is 5.55. The van der Waals surface area contributed by atoms with E-state index in [4.69, 9.17) is 16.6 Å². The van der Waals surface area contributed by atoms with Gasteiger partial charge in [-0.05, 0) is 22.0 Å². The van der Waals surface area contributed by atoms with E-state index in [0.717, 1.165) is 4.47 Å². The molecule has 0 aliphatic rings. The fourth-order valence-electron chi connectivity index (χ4n) is 1.50. The quantitative estimate of drug-likeness (QED) is 0.817. The molecule has 2 aromatic rings. The maximum Gasteiger partial charge on any atom is 0.260 e. The van der Waals surface area contributed by atoms with Gasteiger partial charge in [0.15, 0.2) is 6.61 Å². The highest BCUT2D eigenvalue weighted by Crippen LogP contribution is 2.26. The SMILES string of the molecule is [C-]#[N+]C(C)(C)COc1cc(Br)c2c(C#N)cnn2c1. The van der Waals surface area contributed by atoms with E-state index in [-0.39, 0.29) is 0 Å². The third-order valence-corrected chi connectivity index (χ3v) is 3.16. The Morgan fingerprint density at radius 1 is 1.63 bits per heavy atom. The van der Waals surface area contributed by atoms with Gasteiger partial charge in [-0.25, -0.2) is 11.1 Å². The average molecular weight is 319 g/mol. The van der Waals surface area contributed by atoms with E-state index in [1.165, 1.54) is 6.20 Å². The lowest BCUT2D eigenvalue weighted by molar-refractivity contribution is 0.265. The highest BCUT2D eigenvalue weighted by atomic mass is 79.9. The number of nitrogens with zero attached hydrogens (tertiary/aromatic N) is 4. The van der Waals surface area contributed by atoms with Gasteiger partial charge in [-0.15, -0.1) is 0 Å². The molecule has 0 aromatic carbocycles. The van der Waals surface area contributed by atoms with Crippen molar-refractivity contribution >= 4 is 21.4 Å². The zero-order valence-corrected chi connectivity index (χ0v) is 12.1. The lowest BCUT2D eigenvalue weighted by Gasteiger charge is -2.13. The number of pyridine rings is 1. The smallest absolute Gasteiger partial charge is 0.260 e. The molecular weight excluding hydrogens is 308 g/mol. The van der Waals surface area contributed by atoms with Crippen molar-refractivity contribution < 1.29 is 4.74 Å². The molecule has 6 heteroatoms. The van der Waals surface area contributed by atoms with Gasteiger partial charge in [-0.1, -0.05) is 0 Å². The van der Waals surface area contributed by atoms with Gasteiger partial charge >= 0.3 is 0 Å².